The summed E-state index contributed by atoms with van der Waals surface area (Å²) < 4.78 is 65.3. The summed E-state index contributed by atoms with van der Waals surface area (Å²) in [7, 11) is 0. The monoisotopic (exact) mass is 271 g/mol. The molecule has 1 N–H and O–H groups in total. The van der Waals surface area contributed by atoms with E-state index in [1.807, 2.05) is 0 Å². The van der Waals surface area contributed by atoms with E-state index < -0.39 is 48.3 Å². The minimum Gasteiger partial charge on any atom is -0.481 e. The Morgan fingerprint density at radius 2 is 2.06 bits per heavy atom. The van der Waals surface area contributed by atoms with E-state index in [9.17, 15) is 26.7 Å². The smallest absolute Gasteiger partial charge is 0.481 e. The third-order valence-corrected chi connectivity index (χ3v) is 1.83. The predicted molar refractivity (Wildman–Crippen MR) is 47.0 cm³/mol. The van der Waals surface area contributed by atoms with Crippen LogP contribution in [0.3, 0.4) is 0 Å². The van der Waals surface area contributed by atoms with Gasteiger partial charge in [0.05, 0.1) is 12.6 Å². The first kappa shape index (κ1) is 14.1. The van der Waals surface area contributed by atoms with Crippen LogP contribution in [0.5, 0.6) is 5.75 Å². The number of halogens is 5. The first-order valence-electron chi connectivity index (χ1n) is 4.44. The van der Waals surface area contributed by atoms with Crippen LogP contribution in [-0.4, -0.2) is 22.4 Å². The minimum absolute atomic E-state index is 0.441. The van der Waals surface area contributed by atoms with E-state index in [0.717, 1.165) is 0 Å². The van der Waals surface area contributed by atoms with Gasteiger partial charge in [0.1, 0.15) is 18.2 Å². The molecule has 1 heterocycles. The lowest BCUT2D eigenvalue weighted by Crippen LogP contribution is -2.21. The van der Waals surface area contributed by atoms with Gasteiger partial charge in [-0.15, -0.1) is 13.2 Å². The second-order valence-electron chi connectivity index (χ2n) is 3.11. The second-order valence-corrected chi connectivity index (χ2v) is 3.11. The van der Waals surface area contributed by atoms with Gasteiger partial charge in [-0.2, -0.15) is 0 Å². The second kappa shape index (κ2) is 5.15. The molecule has 0 saturated carbocycles. The van der Waals surface area contributed by atoms with Gasteiger partial charge in [0.15, 0.2) is 5.75 Å². The Morgan fingerprint density at radius 3 is 2.50 bits per heavy atom. The van der Waals surface area contributed by atoms with Crippen molar-refractivity contribution in [2.45, 2.75) is 19.5 Å². The molecule has 1 aromatic heterocycles. The topological polar surface area (TPSA) is 59.4 Å². The zero-order chi connectivity index (χ0) is 13.9. The number of carboxylic acids is 1. The quantitative estimate of drug-likeness (QED) is 0.853. The van der Waals surface area contributed by atoms with Crippen LogP contribution >= 0.6 is 0 Å². The zero-order valence-electron chi connectivity index (χ0n) is 8.59. The highest BCUT2D eigenvalue weighted by Gasteiger charge is 2.34. The first-order valence-corrected chi connectivity index (χ1v) is 4.44. The van der Waals surface area contributed by atoms with Crippen LogP contribution in [0.25, 0.3) is 0 Å². The van der Waals surface area contributed by atoms with Gasteiger partial charge >= 0.3 is 12.3 Å². The number of rotatable bonds is 4. The Kier molecular flexibility index (Phi) is 4.04. The Labute approximate surface area is 97.0 Å². The van der Waals surface area contributed by atoms with Gasteiger partial charge in [-0.1, -0.05) is 0 Å². The zero-order valence-corrected chi connectivity index (χ0v) is 8.59. The molecule has 9 heteroatoms. The molecule has 0 atom stereocenters. The summed E-state index contributed by atoms with van der Waals surface area (Å²) in [5.41, 5.74) is -1.72. The number of alkyl halides is 4. The predicted octanol–water partition coefficient (Wildman–Crippen LogP) is 2.22. The highest BCUT2D eigenvalue weighted by Crippen LogP contribution is 2.31. The summed E-state index contributed by atoms with van der Waals surface area (Å²) >= 11 is 0. The summed E-state index contributed by atoms with van der Waals surface area (Å²) in [5.74, 6) is -4.14. The third kappa shape index (κ3) is 3.54. The number of nitrogens with zero attached hydrogens (tertiary/aromatic N) is 1. The largest absolute Gasteiger partial charge is 0.573 e. The first-order chi connectivity index (χ1) is 8.24. The standard InChI is InChI=1S/C9H6F5NO3/c10-2-6-8(18-9(12,13)14)4(1-7(16)17)5(11)3-15-6/h3H,1-2H2,(H,16,17). The molecular weight excluding hydrogens is 265 g/mol. The fourth-order valence-corrected chi connectivity index (χ4v) is 1.20. The van der Waals surface area contributed by atoms with E-state index in [2.05, 4.69) is 9.72 Å². The van der Waals surface area contributed by atoms with Gasteiger partial charge in [0.2, 0.25) is 0 Å². The number of pyridine rings is 1. The summed E-state index contributed by atoms with van der Waals surface area (Å²) in [5, 5.41) is 8.46. The fourth-order valence-electron chi connectivity index (χ4n) is 1.20. The van der Waals surface area contributed by atoms with Crippen molar-refractivity contribution in [3.8, 4) is 5.75 Å². The maximum Gasteiger partial charge on any atom is 0.573 e. The number of hydrogen-bond donors (Lipinski definition) is 1. The lowest BCUT2D eigenvalue weighted by Gasteiger charge is -2.15. The van der Waals surface area contributed by atoms with Crippen LogP contribution in [-0.2, 0) is 17.9 Å². The van der Waals surface area contributed by atoms with Crippen molar-refractivity contribution in [3.05, 3.63) is 23.3 Å². The molecular formula is C9H6F5NO3. The van der Waals surface area contributed by atoms with Crippen LogP contribution < -0.4 is 4.74 Å². The van der Waals surface area contributed by atoms with Gasteiger partial charge in [-0.25, -0.2) is 8.78 Å². The molecule has 0 amide bonds. The lowest BCUT2D eigenvalue weighted by molar-refractivity contribution is -0.275. The van der Waals surface area contributed by atoms with Gasteiger partial charge < -0.3 is 9.84 Å². The van der Waals surface area contributed by atoms with Gasteiger partial charge in [-0.05, 0) is 0 Å². The molecule has 0 fully saturated rings. The van der Waals surface area contributed by atoms with Crippen molar-refractivity contribution in [1.82, 2.24) is 4.98 Å². The van der Waals surface area contributed by atoms with E-state index in [-0.39, 0.29) is 0 Å². The molecule has 0 bridgehead atoms. The number of carboxylic acid groups (broad SMARTS) is 1. The number of ether oxygens (including phenoxy) is 1. The molecule has 0 aliphatic carbocycles. The van der Waals surface area contributed by atoms with E-state index in [1.54, 1.807) is 0 Å². The average Bonchev–Trinajstić information content (AvgIpc) is 2.21. The van der Waals surface area contributed by atoms with E-state index >= 15 is 0 Å². The average molecular weight is 271 g/mol. The summed E-state index contributed by atoms with van der Waals surface area (Å²) in [6.07, 6.45) is -5.84. The Morgan fingerprint density at radius 1 is 1.44 bits per heavy atom. The summed E-state index contributed by atoms with van der Waals surface area (Å²) in [6, 6.07) is 0. The molecule has 1 aromatic rings. The minimum atomic E-state index is -5.20. The molecule has 0 aromatic carbocycles. The molecule has 0 aliphatic rings. The lowest BCUT2D eigenvalue weighted by atomic mass is 10.1. The molecule has 0 radical (unpaired) electrons. The summed E-state index contributed by atoms with van der Waals surface area (Å²) in [6.45, 7) is -1.45. The van der Waals surface area contributed by atoms with E-state index in [4.69, 9.17) is 5.11 Å². The number of carbonyl (C=O) groups is 1. The highest BCUT2D eigenvalue weighted by atomic mass is 19.4. The van der Waals surface area contributed by atoms with Crippen molar-refractivity contribution in [1.29, 1.82) is 0 Å². The normalized spacial score (nSPS) is 11.4. The fraction of sp³-hybridized carbons (Fsp3) is 0.333. The van der Waals surface area contributed by atoms with Gasteiger partial charge in [-0.3, -0.25) is 9.78 Å². The molecule has 18 heavy (non-hydrogen) atoms. The van der Waals surface area contributed by atoms with Crippen molar-refractivity contribution < 1.29 is 36.6 Å². The highest BCUT2D eigenvalue weighted by molar-refractivity contribution is 5.71. The van der Waals surface area contributed by atoms with E-state index in [0.29, 0.717) is 6.20 Å². The number of aliphatic carboxylic acids is 1. The number of aromatic nitrogens is 1. The van der Waals surface area contributed by atoms with Crippen LogP contribution in [0.15, 0.2) is 6.20 Å². The molecule has 0 saturated heterocycles. The molecule has 0 aliphatic heterocycles. The van der Waals surface area contributed by atoms with Crippen molar-refractivity contribution in [3.63, 3.8) is 0 Å². The third-order valence-electron chi connectivity index (χ3n) is 1.83. The van der Waals surface area contributed by atoms with Crippen LogP contribution in [0.1, 0.15) is 11.3 Å². The summed E-state index contributed by atoms with van der Waals surface area (Å²) in [4.78, 5) is 13.5. The molecule has 100 valence electrons. The van der Waals surface area contributed by atoms with Crippen LogP contribution in [0.4, 0.5) is 22.0 Å². The molecule has 4 nitrogen and oxygen atoms in total. The van der Waals surface area contributed by atoms with Gasteiger partial charge in [0, 0.05) is 5.56 Å². The van der Waals surface area contributed by atoms with Crippen molar-refractivity contribution >= 4 is 5.97 Å². The van der Waals surface area contributed by atoms with Crippen molar-refractivity contribution in [2.24, 2.45) is 0 Å². The van der Waals surface area contributed by atoms with Gasteiger partial charge in [0.25, 0.3) is 0 Å². The van der Waals surface area contributed by atoms with Crippen molar-refractivity contribution in [2.75, 3.05) is 0 Å². The van der Waals surface area contributed by atoms with Crippen LogP contribution in [0, 0.1) is 5.82 Å². The maximum absolute atomic E-state index is 13.2. The Hall–Kier alpha value is -1.93. The Bertz CT molecular complexity index is 460. The maximum atomic E-state index is 13.2. The van der Waals surface area contributed by atoms with E-state index in [1.165, 1.54) is 0 Å². The number of hydrogen-bond acceptors (Lipinski definition) is 3. The molecule has 0 spiro atoms. The molecule has 0 unspecified atom stereocenters. The molecule has 1 rings (SSSR count). The SMILES string of the molecule is O=C(O)Cc1c(F)cnc(CF)c1OC(F)(F)F. The van der Waals surface area contributed by atoms with Crippen LogP contribution in [0.2, 0.25) is 0 Å². The Balaban J connectivity index is 3.31.